The number of aliphatic carboxylic acids is 2. The monoisotopic (exact) mass is 272 g/mol. The lowest BCUT2D eigenvalue weighted by Crippen LogP contribution is -2.44. The molecule has 0 aliphatic rings. The van der Waals surface area contributed by atoms with E-state index in [-0.39, 0.29) is 0 Å². The van der Waals surface area contributed by atoms with Gasteiger partial charge in [0.1, 0.15) is 0 Å². The maximum absolute atomic E-state index is 13.7. The van der Waals surface area contributed by atoms with E-state index in [2.05, 4.69) is 0 Å². The topological polar surface area (TPSA) is 132 Å². The van der Waals surface area contributed by atoms with Crippen molar-refractivity contribution in [2.45, 2.75) is 19.5 Å². The van der Waals surface area contributed by atoms with Crippen LogP contribution < -0.4 is 0 Å². The Balaban J connectivity index is 5.16. The van der Waals surface area contributed by atoms with Crippen LogP contribution in [-0.4, -0.2) is 43.8 Å². The Morgan fingerprint density at radius 1 is 1.35 bits per heavy atom. The van der Waals surface area contributed by atoms with E-state index in [4.69, 9.17) is 20.0 Å². The van der Waals surface area contributed by atoms with Crippen molar-refractivity contribution in [2.24, 2.45) is 11.8 Å². The van der Waals surface area contributed by atoms with Crippen LogP contribution in [0, 0.1) is 11.8 Å². The summed E-state index contributed by atoms with van der Waals surface area (Å²) in [6.07, 6.45) is -1.10. The number of hydrogen-bond acceptors (Lipinski definition) is 3. The normalized spacial score (nSPS) is 19.1. The summed E-state index contributed by atoms with van der Waals surface area (Å²) in [5, 5.41) is 17.3. The lowest BCUT2D eigenvalue weighted by atomic mass is 9.82. The summed E-state index contributed by atoms with van der Waals surface area (Å²) >= 11 is 0. The number of carboxylic acids is 2. The number of halogens is 1. The van der Waals surface area contributed by atoms with Crippen molar-refractivity contribution >= 4 is 19.5 Å². The molecule has 0 aromatic rings. The van der Waals surface area contributed by atoms with Crippen molar-refractivity contribution in [3.05, 3.63) is 0 Å². The lowest BCUT2D eigenvalue weighted by molar-refractivity contribution is -0.157. The number of carboxylic acid groups (broad SMARTS) is 2. The molecule has 1 unspecified atom stereocenters. The van der Waals surface area contributed by atoms with Gasteiger partial charge in [0.25, 0.3) is 0 Å². The summed E-state index contributed by atoms with van der Waals surface area (Å²) in [6.45, 7) is 1.65. The molecule has 0 bridgehead atoms. The molecule has 0 aliphatic carbocycles. The second-order valence-corrected chi connectivity index (χ2v) is 5.66. The summed E-state index contributed by atoms with van der Waals surface area (Å²) in [5.41, 5.74) is -2.88. The third-order valence-electron chi connectivity index (χ3n) is 2.63. The zero-order valence-electron chi connectivity index (χ0n) is 9.20. The van der Waals surface area contributed by atoms with E-state index < -0.39 is 43.2 Å². The fourth-order valence-corrected chi connectivity index (χ4v) is 2.26. The van der Waals surface area contributed by atoms with Gasteiger partial charge in [0.05, 0.1) is 12.1 Å². The summed E-state index contributed by atoms with van der Waals surface area (Å²) in [5.74, 6) is -6.88. The minimum atomic E-state index is -4.67. The Hall–Kier alpha value is -0.980. The van der Waals surface area contributed by atoms with Gasteiger partial charge in [-0.25, -0.2) is 9.18 Å². The largest absolute Gasteiger partial charge is 0.481 e. The Morgan fingerprint density at radius 3 is 2.00 bits per heavy atom. The zero-order chi connectivity index (χ0) is 14.0. The number of rotatable bonds is 6. The van der Waals surface area contributed by atoms with Crippen LogP contribution in [0.3, 0.4) is 0 Å². The second-order valence-electron chi connectivity index (χ2n) is 3.96. The highest BCUT2D eigenvalue weighted by Crippen LogP contribution is 2.41. The molecule has 9 heteroatoms. The van der Waals surface area contributed by atoms with Crippen LogP contribution in [0.1, 0.15) is 13.8 Å². The molecule has 100 valence electrons. The summed E-state index contributed by atoms with van der Waals surface area (Å²) < 4.78 is 24.4. The molecule has 4 N–H and O–H groups in total. The third-order valence-corrected chi connectivity index (χ3v) is 3.50. The lowest BCUT2D eigenvalue weighted by Gasteiger charge is -2.28. The molecule has 0 radical (unpaired) electrons. The quantitative estimate of drug-likeness (QED) is 0.511. The van der Waals surface area contributed by atoms with Gasteiger partial charge < -0.3 is 20.0 Å². The molecule has 0 saturated carbocycles. The minimum absolute atomic E-state index is 0.662. The first-order valence-electron chi connectivity index (χ1n) is 4.59. The Labute approximate surface area is 96.4 Å². The highest BCUT2D eigenvalue weighted by atomic mass is 31.2. The van der Waals surface area contributed by atoms with Gasteiger partial charge in [0.15, 0.2) is 0 Å². The second kappa shape index (κ2) is 5.12. The minimum Gasteiger partial charge on any atom is -0.481 e. The molecule has 0 heterocycles. The van der Waals surface area contributed by atoms with E-state index in [9.17, 15) is 18.5 Å². The van der Waals surface area contributed by atoms with Gasteiger partial charge in [-0.15, -0.1) is 0 Å². The molecule has 7 nitrogen and oxygen atoms in total. The van der Waals surface area contributed by atoms with E-state index in [1.54, 1.807) is 0 Å². The summed E-state index contributed by atoms with van der Waals surface area (Å²) in [7, 11) is -4.67. The average Bonchev–Trinajstić information content (AvgIpc) is 2.10. The standard InChI is InChI=1S/C8H14FO7P/c1-4(8(2,9)7(12)13)5(6(10)11)3-17(14,15)16/h4-5H,3H2,1-2H3,(H,10,11)(H,12,13)(H2,14,15,16)/t4?,5-,8-/m0/s1. The molecular formula is C8H14FO7P. The third kappa shape index (κ3) is 4.41. The van der Waals surface area contributed by atoms with Crippen LogP contribution in [0.4, 0.5) is 4.39 Å². The molecule has 0 aromatic carbocycles. The van der Waals surface area contributed by atoms with E-state index in [0.29, 0.717) is 6.92 Å². The zero-order valence-corrected chi connectivity index (χ0v) is 10.1. The summed E-state index contributed by atoms with van der Waals surface area (Å²) in [6, 6.07) is 0. The van der Waals surface area contributed by atoms with Gasteiger partial charge in [-0.2, -0.15) is 0 Å². The van der Waals surface area contributed by atoms with E-state index >= 15 is 0 Å². The van der Waals surface area contributed by atoms with Crippen molar-refractivity contribution < 1.29 is 38.5 Å². The molecule has 0 amide bonds. The van der Waals surface area contributed by atoms with Gasteiger partial charge in [-0.3, -0.25) is 9.36 Å². The molecule has 0 spiro atoms. The van der Waals surface area contributed by atoms with Gasteiger partial charge in [0, 0.05) is 5.92 Å². The van der Waals surface area contributed by atoms with Crippen LogP contribution >= 0.6 is 7.60 Å². The van der Waals surface area contributed by atoms with Crippen LogP contribution in [0.2, 0.25) is 0 Å². The van der Waals surface area contributed by atoms with Crippen molar-refractivity contribution in [1.29, 1.82) is 0 Å². The highest BCUT2D eigenvalue weighted by molar-refractivity contribution is 7.51. The van der Waals surface area contributed by atoms with Gasteiger partial charge in [-0.1, -0.05) is 6.92 Å². The van der Waals surface area contributed by atoms with Crippen LogP contribution in [0.5, 0.6) is 0 Å². The van der Waals surface area contributed by atoms with Crippen LogP contribution in [0.25, 0.3) is 0 Å². The van der Waals surface area contributed by atoms with Crippen molar-refractivity contribution in [1.82, 2.24) is 0 Å². The van der Waals surface area contributed by atoms with Gasteiger partial charge in [0.2, 0.25) is 5.67 Å². The smallest absolute Gasteiger partial charge is 0.341 e. The predicted molar refractivity (Wildman–Crippen MR) is 54.3 cm³/mol. The SMILES string of the molecule is CC([C@H](CP(=O)(O)O)C(=O)O)[C@](C)(F)C(=O)O. The molecular weight excluding hydrogens is 258 g/mol. The van der Waals surface area contributed by atoms with Crippen LogP contribution in [-0.2, 0) is 14.2 Å². The molecule has 0 aromatic heterocycles. The van der Waals surface area contributed by atoms with Gasteiger partial charge in [-0.05, 0) is 6.92 Å². The number of carbonyl (C=O) groups is 2. The van der Waals surface area contributed by atoms with E-state index in [0.717, 1.165) is 6.92 Å². The van der Waals surface area contributed by atoms with Crippen molar-refractivity contribution in [2.75, 3.05) is 6.16 Å². The molecule has 0 rings (SSSR count). The maximum atomic E-state index is 13.7. The predicted octanol–water partition coefficient (Wildman–Crippen LogP) is 0.314. The fraction of sp³-hybridized carbons (Fsp3) is 0.750. The first kappa shape index (κ1) is 16.0. The molecule has 0 aliphatic heterocycles. The fourth-order valence-electron chi connectivity index (χ4n) is 1.28. The van der Waals surface area contributed by atoms with E-state index in [1.165, 1.54) is 0 Å². The molecule has 0 fully saturated rings. The Kier molecular flexibility index (Phi) is 4.82. The maximum Gasteiger partial charge on any atom is 0.341 e. The van der Waals surface area contributed by atoms with Crippen molar-refractivity contribution in [3.8, 4) is 0 Å². The molecule has 3 atom stereocenters. The Morgan fingerprint density at radius 2 is 1.76 bits per heavy atom. The first-order chi connectivity index (χ1) is 7.39. The van der Waals surface area contributed by atoms with Crippen LogP contribution in [0.15, 0.2) is 0 Å². The molecule has 0 saturated heterocycles. The average molecular weight is 272 g/mol. The first-order valence-corrected chi connectivity index (χ1v) is 6.39. The Bertz CT molecular complexity index is 361. The highest BCUT2D eigenvalue weighted by Gasteiger charge is 2.47. The summed E-state index contributed by atoms with van der Waals surface area (Å²) in [4.78, 5) is 38.7. The molecule has 17 heavy (non-hydrogen) atoms. The van der Waals surface area contributed by atoms with Gasteiger partial charge >= 0.3 is 19.5 Å². The number of alkyl halides is 1. The van der Waals surface area contributed by atoms with Crippen molar-refractivity contribution in [3.63, 3.8) is 0 Å². The van der Waals surface area contributed by atoms with E-state index in [1.807, 2.05) is 0 Å². The number of hydrogen-bond donors (Lipinski definition) is 4.